The molecule has 0 fully saturated rings. The van der Waals surface area contributed by atoms with Gasteiger partial charge >= 0.3 is 0 Å². The summed E-state index contributed by atoms with van der Waals surface area (Å²) in [6.07, 6.45) is 1.86. The lowest BCUT2D eigenvalue weighted by atomic mass is 9.96. The fourth-order valence-corrected chi connectivity index (χ4v) is 4.43. The molecule has 172 valence electrons. The minimum absolute atomic E-state index is 0.621. The molecule has 0 saturated heterocycles. The number of hydrogen-bond donors (Lipinski definition) is 2. The van der Waals surface area contributed by atoms with E-state index >= 15 is 0 Å². The highest BCUT2D eigenvalue weighted by Gasteiger charge is 2.16. The molecule has 5 rings (SSSR count). The maximum Gasteiger partial charge on any atom is 0.222 e. The molecule has 0 bridgehead atoms. The first-order valence-electron chi connectivity index (χ1n) is 11.3. The van der Waals surface area contributed by atoms with Gasteiger partial charge in [-0.3, -0.25) is 4.68 Å². The quantitative estimate of drug-likeness (QED) is 0.363. The molecule has 0 aliphatic carbocycles. The van der Waals surface area contributed by atoms with Crippen molar-refractivity contribution in [1.29, 1.82) is 0 Å². The average molecular weight is 452 g/mol. The van der Waals surface area contributed by atoms with Crippen LogP contribution in [0.25, 0.3) is 32.9 Å². The fourth-order valence-electron chi connectivity index (χ4n) is 4.43. The minimum Gasteiger partial charge on any atom is -0.357 e. The Hall–Kier alpha value is -3.97. The van der Waals surface area contributed by atoms with Gasteiger partial charge < -0.3 is 15.5 Å². The van der Waals surface area contributed by atoms with Crippen molar-refractivity contribution in [3.05, 3.63) is 71.9 Å². The Labute approximate surface area is 199 Å². The zero-order valence-corrected chi connectivity index (χ0v) is 20.2. The van der Waals surface area contributed by atoms with Crippen molar-refractivity contribution >= 4 is 39.3 Å². The summed E-state index contributed by atoms with van der Waals surface area (Å²) in [5.74, 6) is 1.47. The molecule has 0 aliphatic heterocycles. The molecule has 0 unspecified atom stereocenters. The van der Waals surface area contributed by atoms with Crippen LogP contribution in [0.3, 0.4) is 0 Å². The first-order valence-corrected chi connectivity index (χ1v) is 11.3. The number of anilines is 3. The molecule has 0 spiro atoms. The summed E-state index contributed by atoms with van der Waals surface area (Å²) in [5, 5.41) is 13.4. The maximum absolute atomic E-state index is 4.83. The van der Waals surface area contributed by atoms with Gasteiger partial charge in [0.1, 0.15) is 0 Å². The molecule has 2 N–H and O–H groups in total. The molecule has 0 amide bonds. The second-order valence-electron chi connectivity index (χ2n) is 8.90. The largest absolute Gasteiger partial charge is 0.357 e. The van der Waals surface area contributed by atoms with E-state index in [0.717, 1.165) is 45.4 Å². The molecule has 7 nitrogen and oxygen atoms in total. The highest BCUT2D eigenvalue weighted by Crippen LogP contribution is 2.36. The van der Waals surface area contributed by atoms with Crippen molar-refractivity contribution < 1.29 is 0 Å². The lowest BCUT2D eigenvalue weighted by Crippen LogP contribution is -2.10. The van der Waals surface area contributed by atoms with Gasteiger partial charge in [-0.2, -0.15) is 5.10 Å². The Kier molecular flexibility index (Phi) is 5.63. The van der Waals surface area contributed by atoms with Gasteiger partial charge in [0.25, 0.3) is 0 Å². The van der Waals surface area contributed by atoms with Gasteiger partial charge in [0.15, 0.2) is 5.82 Å². The Morgan fingerprint density at radius 3 is 2.53 bits per heavy atom. The SMILES string of the molecule is CNc1ncc2cc(-c3c(C)ccc4c(Nc5ccc(CN(C)C)cc5)nn(C)c34)ccc2n1. The highest BCUT2D eigenvalue weighted by atomic mass is 15.3. The predicted molar refractivity (Wildman–Crippen MR) is 141 cm³/mol. The second-order valence-corrected chi connectivity index (χ2v) is 8.90. The van der Waals surface area contributed by atoms with Gasteiger partial charge in [-0.1, -0.05) is 24.3 Å². The van der Waals surface area contributed by atoms with Gasteiger partial charge in [0.05, 0.1) is 11.0 Å². The van der Waals surface area contributed by atoms with E-state index in [4.69, 9.17) is 5.10 Å². The first-order chi connectivity index (χ1) is 16.4. The molecule has 3 aromatic carbocycles. The van der Waals surface area contributed by atoms with Crippen LogP contribution >= 0.6 is 0 Å². The summed E-state index contributed by atoms with van der Waals surface area (Å²) in [7, 11) is 7.98. The number of rotatable bonds is 6. The average Bonchev–Trinajstić information content (AvgIpc) is 3.14. The molecule has 2 heterocycles. The lowest BCUT2D eigenvalue weighted by molar-refractivity contribution is 0.402. The summed E-state index contributed by atoms with van der Waals surface area (Å²) >= 11 is 0. The predicted octanol–water partition coefficient (Wildman–Crippen LogP) is 5.34. The van der Waals surface area contributed by atoms with Crippen LogP contribution in [-0.2, 0) is 13.6 Å². The zero-order chi connectivity index (χ0) is 23.8. The third-order valence-corrected chi connectivity index (χ3v) is 6.02. The van der Waals surface area contributed by atoms with E-state index < -0.39 is 0 Å². The van der Waals surface area contributed by atoms with Crippen LogP contribution < -0.4 is 10.6 Å². The third-order valence-electron chi connectivity index (χ3n) is 6.02. The number of hydrogen-bond acceptors (Lipinski definition) is 6. The maximum atomic E-state index is 4.83. The van der Waals surface area contributed by atoms with Crippen LogP contribution in [0.15, 0.2) is 60.8 Å². The molecule has 7 heteroatoms. The van der Waals surface area contributed by atoms with E-state index in [1.165, 1.54) is 16.7 Å². The molecule has 0 atom stereocenters. The van der Waals surface area contributed by atoms with E-state index in [0.29, 0.717) is 5.95 Å². The van der Waals surface area contributed by atoms with Crippen molar-refractivity contribution in [1.82, 2.24) is 24.6 Å². The number of nitrogens with zero attached hydrogens (tertiary/aromatic N) is 5. The molecule has 0 saturated carbocycles. The van der Waals surface area contributed by atoms with Gasteiger partial charge in [-0.15, -0.1) is 0 Å². The van der Waals surface area contributed by atoms with Crippen molar-refractivity contribution in [2.24, 2.45) is 7.05 Å². The van der Waals surface area contributed by atoms with Crippen molar-refractivity contribution in [3.8, 4) is 11.1 Å². The van der Waals surface area contributed by atoms with Crippen LogP contribution in [0.2, 0.25) is 0 Å². The monoisotopic (exact) mass is 451 g/mol. The molecule has 0 aliphatic rings. The summed E-state index contributed by atoms with van der Waals surface area (Å²) < 4.78 is 1.96. The summed E-state index contributed by atoms with van der Waals surface area (Å²) in [6.45, 7) is 3.06. The molecular formula is C27H29N7. The summed E-state index contributed by atoms with van der Waals surface area (Å²) in [5.41, 5.74) is 7.80. The Bertz CT molecular complexity index is 1480. The number of benzene rings is 3. The Morgan fingerprint density at radius 1 is 1.00 bits per heavy atom. The first kappa shape index (κ1) is 21.9. The number of aromatic nitrogens is 4. The normalized spacial score (nSPS) is 11.5. The topological polar surface area (TPSA) is 70.9 Å². The van der Waals surface area contributed by atoms with Crippen molar-refractivity contribution in [3.63, 3.8) is 0 Å². The standard InChI is InChI=1S/C27H29N7/c1-17-6-12-22-25(24(17)19-9-13-23-20(14-19)15-29-27(28-2)31-23)34(5)32-26(22)30-21-10-7-18(8-11-21)16-33(3)4/h6-15H,16H2,1-5H3,(H,30,32)(H,28,29,31). The number of nitrogens with one attached hydrogen (secondary N) is 2. The molecule has 34 heavy (non-hydrogen) atoms. The minimum atomic E-state index is 0.621. The molecule has 5 aromatic rings. The third kappa shape index (κ3) is 4.06. The van der Waals surface area contributed by atoms with Crippen LogP contribution in [0.4, 0.5) is 17.5 Å². The second kappa shape index (κ2) is 8.76. The summed E-state index contributed by atoms with van der Waals surface area (Å²) in [6, 6.07) is 19.2. The zero-order valence-electron chi connectivity index (χ0n) is 20.2. The van der Waals surface area contributed by atoms with Crippen LogP contribution in [0.1, 0.15) is 11.1 Å². The molecular weight excluding hydrogens is 422 g/mol. The van der Waals surface area contributed by atoms with Crippen LogP contribution in [0.5, 0.6) is 0 Å². The van der Waals surface area contributed by atoms with E-state index in [-0.39, 0.29) is 0 Å². The van der Waals surface area contributed by atoms with E-state index in [9.17, 15) is 0 Å². The van der Waals surface area contributed by atoms with Crippen LogP contribution in [-0.4, -0.2) is 45.8 Å². The van der Waals surface area contributed by atoms with E-state index in [1.807, 2.05) is 25.0 Å². The van der Waals surface area contributed by atoms with Gasteiger partial charge in [0, 0.05) is 48.9 Å². The van der Waals surface area contributed by atoms with E-state index in [1.54, 1.807) is 0 Å². The highest BCUT2D eigenvalue weighted by molar-refractivity contribution is 6.03. The van der Waals surface area contributed by atoms with Crippen LogP contribution in [0, 0.1) is 6.92 Å². The Balaban J connectivity index is 1.55. The Morgan fingerprint density at radius 2 is 1.79 bits per heavy atom. The van der Waals surface area contributed by atoms with Crippen molar-refractivity contribution in [2.75, 3.05) is 31.8 Å². The lowest BCUT2D eigenvalue weighted by Gasteiger charge is -2.11. The van der Waals surface area contributed by atoms with Gasteiger partial charge in [-0.05, 0) is 68.0 Å². The number of fused-ring (bicyclic) bond motifs is 2. The van der Waals surface area contributed by atoms with Crippen molar-refractivity contribution in [2.45, 2.75) is 13.5 Å². The molecule has 0 radical (unpaired) electrons. The van der Waals surface area contributed by atoms with E-state index in [2.05, 4.69) is 101 Å². The van der Waals surface area contributed by atoms with Gasteiger partial charge in [0.2, 0.25) is 5.95 Å². The number of aryl methyl sites for hydroxylation is 2. The summed E-state index contributed by atoms with van der Waals surface area (Å²) in [4.78, 5) is 11.1. The molecule has 2 aromatic heterocycles. The fraction of sp³-hybridized carbons (Fsp3) is 0.222. The van der Waals surface area contributed by atoms with Gasteiger partial charge in [-0.25, -0.2) is 9.97 Å². The smallest absolute Gasteiger partial charge is 0.222 e.